The van der Waals surface area contributed by atoms with Crippen molar-refractivity contribution in [3.05, 3.63) is 90.2 Å². The Balaban J connectivity index is 1.62. The number of amides is 2. The molecule has 144 valence electrons. The van der Waals surface area contributed by atoms with Crippen molar-refractivity contribution in [1.82, 2.24) is 0 Å². The van der Waals surface area contributed by atoms with Crippen LogP contribution >= 0.6 is 0 Å². The Bertz CT molecular complexity index is 1100. The molecule has 0 aliphatic carbocycles. The van der Waals surface area contributed by atoms with Crippen LogP contribution in [0.4, 0.5) is 21.5 Å². The zero-order valence-electron chi connectivity index (χ0n) is 15.5. The highest BCUT2D eigenvalue weighted by atomic mass is 19.1. The molecule has 0 radical (unpaired) electrons. The Morgan fingerprint density at radius 3 is 2.45 bits per heavy atom. The first-order valence-corrected chi connectivity index (χ1v) is 9.18. The number of fused-ring (bicyclic) bond motifs is 1. The van der Waals surface area contributed by atoms with Crippen molar-refractivity contribution in [2.24, 2.45) is 4.99 Å². The van der Waals surface area contributed by atoms with Gasteiger partial charge < -0.3 is 10.2 Å². The molecule has 0 saturated heterocycles. The van der Waals surface area contributed by atoms with Gasteiger partial charge in [0.05, 0.1) is 29.2 Å². The summed E-state index contributed by atoms with van der Waals surface area (Å²) in [4.78, 5) is 31.6. The van der Waals surface area contributed by atoms with Gasteiger partial charge in [-0.15, -0.1) is 0 Å². The molecule has 1 aliphatic rings. The van der Waals surface area contributed by atoms with Crippen molar-refractivity contribution in [2.75, 3.05) is 16.8 Å². The van der Waals surface area contributed by atoms with Crippen LogP contribution in [0.15, 0.2) is 83.9 Å². The first-order valence-electron chi connectivity index (χ1n) is 9.18. The molecule has 0 saturated carbocycles. The van der Waals surface area contributed by atoms with Crippen molar-refractivity contribution >= 4 is 34.6 Å². The Morgan fingerprint density at radius 2 is 1.66 bits per heavy atom. The van der Waals surface area contributed by atoms with Crippen LogP contribution in [-0.2, 0) is 9.59 Å². The SMILES string of the molecule is O=C(CN1C(=O)CC(c2ccccc2)=Nc2ccccc21)Nc1ccccc1F. The molecule has 3 aromatic rings. The molecular formula is C23H18FN3O2. The van der Waals surface area contributed by atoms with Crippen molar-refractivity contribution in [3.63, 3.8) is 0 Å². The summed E-state index contributed by atoms with van der Waals surface area (Å²) in [5.74, 6) is -1.26. The number of rotatable bonds is 4. The van der Waals surface area contributed by atoms with E-state index >= 15 is 0 Å². The highest BCUT2D eigenvalue weighted by Gasteiger charge is 2.26. The number of benzene rings is 3. The van der Waals surface area contributed by atoms with Crippen LogP contribution in [0.2, 0.25) is 0 Å². The lowest BCUT2D eigenvalue weighted by atomic mass is 10.1. The highest BCUT2D eigenvalue weighted by Crippen LogP contribution is 2.32. The topological polar surface area (TPSA) is 61.8 Å². The van der Waals surface area contributed by atoms with Crippen LogP contribution in [0.1, 0.15) is 12.0 Å². The summed E-state index contributed by atoms with van der Waals surface area (Å²) in [6.07, 6.45) is 0.0612. The maximum Gasteiger partial charge on any atom is 0.244 e. The van der Waals surface area contributed by atoms with Gasteiger partial charge in [0, 0.05) is 0 Å². The fraction of sp³-hybridized carbons (Fsp3) is 0.0870. The molecule has 1 aliphatic heterocycles. The van der Waals surface area contributed by atoms with E-state index in [0.29, 0.717) is 17.1 Å². The molecule has 0 unspecified atom stereocenters. The molecule has 29 heavy (non-hydrogen) atoms. The molecule has 6 heteroatoms. The molecule has 2 amide bonds. The quantitative estimate of drug-likeness (QED) is 0.725. The number of carbonyl (C=O) groups excluding carboxylic acids is 2. The van der Waals surface area contributed by atoms with Crippen LogP contribution in [0, 0.1) is 5.82 Å². The summed E-state index contributed by atoms with van der Waals surface area (Å²) in [6, 6.07) is 22.6. The minimum atomic E-state index is -0.529. The van der Waals surface area contributed by atoms with E-state index in [2.05, 4.69) is 10.3 Å². The van der Waals surface area contributed by atoms with Gasteiger partial charge in [0.1, 0.15) is 12.4 Å². The largest absolute Gasteiger partial charge is 0.322 e. The van der Waals surface area contributed by atoms with Gasteiger partial charge in [-0.25, -0.2) is 4.39 Å². The molecule has 5 nitrogen and oxygen atoms in total. The third-order valence-electron chi connectivity index (χ3n) is 4.60. The van der Waals surface area contributed by atoms with E-state index in [1.807, 2.05) is 36.4 Å². The summed E-state index contributed by atoms with van der Waals surface area (Å²) in [7, 11) is 0. The van der Waals surface area contributed by atoms with Crippen LogP contribution in [0.3, 0.4) is 0 Å². The smallest absolute Gasteiger partial charge is 0.244 e. The second-order valence-corrected chi connectivity index (χ2v) is 6.60. The molecular weight excluding hydrogens is 369 g/mol. The molecule has 0 bridgehead atoms. The predicted octanol–water partition coefficient (Wildman–Crippen LogP) is 4.32. The van der Waals surface area contributed by atoms with Crippen molar-refractivity contribution in [1.29, 1.82) is 0 Å². The number of halogens is 1. The number of hydrogen-bond donors (Lipinski definition) is 1. The lowest BCUT2D eigenvalue weighted by Gasteiger charge is -2.22. The molecule has 3 aromatic carbocycles. The van der Waals surface area contributed by atoms with Gasteiger partial charge in [0.15, 0.2) is 0 Å². The van der Waals surface area contributed by atoms with E-state index in [-0.39, 0.29) is 24.6 Å². The van der Waals surface area contributed by atoms with Gasteiger partial charge in [0.25, 0.3) is 0 Å². The summed E-state index contributed by atoms with van der Waals surface area (Å²) in [5.41, 5.74) is 2.73. The van der Waals surface area contributed by atoms with Gasteiger partial charge in [-0.05, 0) is 29.8 Å². The summed E-state index contributed by atoms with van der Waals surface area (Å²) >= 11 is 0. The maximum absolute atomic E-state index is 13.8. The number of nitrogens with one attached hydrogen (secondary N) is 1. The van der Waals surface area contributed by atoms with Crippen LogP contribution in [0.25, 0.3) is 0 Å². The first kappa shape index (κ1) is 18.6. The van der Waals surface area contributed by atoms with E-state index in [1.165, 1.54) is 17.0 Å². The zero-order chi connectivity index (χ0) is 20.2. The van der Waals surface area contributed by atoms with Crippen LogP contribution < -0.4 is 10.2 Å². The average molecular weight is 387 g/mol. The van der Waals surface area contributed by atoms with Gasteiger partial charge in [0.2, 0.25) is 11.8 Å². The average Bonchev–Trinajstić information content (AvgIpc) is 2.87. The lowest BCUT2D eigenvalue weighted by Crippen LogP contribution is -2.38. The standard InChI is InChI=1S/C23H18FN3O2/c24-17-10-4-5-11-18(17)26-22(28)15-27-21-13-7-6-12-19(21)25-20(14-23(27)29)16-8-2-1-3-9-16/h1-13H,14-15H2,(H,26,28). The molecule has 4 rings (SSSR count). The Labute approximate surface area is 167 Å². The maximum atomic E-state index is 13.8. The third kappa shape index (κ3) is 4.06. The number of nitrogens with zero attached hydrogens (tertiary/aromatic N) is 2. The number of para-hydroxylation sites is 3. The van der Waals surface area contributed by atoms with E-state index in [0.717, 1.165) is 5.56 Å². The molecule has 0 fully saturated rings. The van der Waals surface area contributed by atoms with Crippen molar-refractivity contribution in [2.45, 2.75) is 6.42 Å². The second kappa shape index (κ2) is 8.06. The zero-order valence-corrected chi connectivity index (χ0v) is 15.5. The van der Waals surface area contributed by atoms with Crippen LogP contribution in [-0.4, -0.2) is 24.1 Å². The minimum absolute atomic E-state index is 0.0612. The van der Waals surface area contributed by atoms with Gasteiger partial charge in [-0.3, -0.25) is 14.6 Å². The lowest BCUT2D eigenvalue weighted by molar-refractivity contribution is -0.120. The summed E-state index contributed by atoms with van der Waals surface area (Å²) < 4.78 is 13.8. The number of anilines is 2. The highest BCUT2D eigenvalue weighted by molar-refractivity contribution is 6.18. The molecule has 0 spiro atoms. The fourth-order valence-electron chi connectivity index (χ4n) is 3.21. The van der Waals surface area contributed by atoms with Gasteiger partial charge in [-0.2, -0.15) is 0 Å². The molecule has 1 N–H and O–H groups in total. The first-order chi connectivity index (χ1) is 14.1. The van der Waals surface area contributed by atoms with E-state index in [9.17, 15) is 14.0 Å². The van der Waals surface area contributed by atoms with Gasteiger partial charge in [-0.1, -0.05) is 54.6 Å². The Hall–Kier alpha value is -3.80. The summed E-state index contributed by atoms with van der Waals surface area (Å²) in [6.45, 7) is -0.234. The minimum Gasteiger partial charge on any atom is -0.322 e. The summed E-state index contributed by atoms with van der Waals surface area (Å²) in [5, 5.41) is 2.53. The number of carbonyl (C=O) groups is 2. The van der Waals surface area contributed by atoms with Gasteiger partial charge >= 0.3 is 0 Å². The van der Waals surface area contributed by atoms with Crippen molar-refractivity contribution < 1.29 is 14.0 Å². The van der Waals surface area contributed by atoms with E-state index < -0.39 is 11.7 Å². The normalized spacial score (nSPS) is 13.3. The molecule has 1 heterocycles. The van der Waals surface area contributed by atoms with E-state index in [1.54, 1.807) is 30.3 Å². The third-order valence-corrected chi connectivity index (χ3v) is 4.60. The van der Waals surface area contributed by atoms with Crippen LogP contribution in [0.5, 0.6) is 0 Å². The predicted molar refractivity (Wildman–Crippen MR) is 111 cm³/mol. The fourth-order valence-corrected chi connectivity index (χ4v) is 3.21. The Kier molecular flexibility index (Phi) is 5.16. The number of hydrogen-bond acceptors (Lipinski definition) is 3. The van der Waals surface area contributed by atoms with E-state index in [4.69, 9.17) is 0 Å². The monoisotopic (exact) mass is 387 g/mol. The second-order valence-electron chi connectivity index (χ2n) is 6.60. The molecule has 0 atom stereocenters. The number of aliphatic imine (C=N–C) groups is 1. The molecule has 0 aromatic heterocycles. The van der Waals surface area contributed by atoms with Crippen molar-refractivity contribution in [3.8, 4) is 0 Å². The Morgan fingerprint density at radius 1 is 0.966 bits per heavy atom.